The molecule has 0 spiro atoms. The van der Waals surface area contributed by atoms with E-state index >= 15 is 0 Å². The monoisotopic (exact) mass is 240 g/mol. The maximum Gasteiger partial charge on any atom is 0.0302 e. The summed E-state index contributed by atoms with van der Waals surface area (Å²) in [6, 6.07) is 2.19. The van der Waals surface area contributed by atoms with Gasteiger partial charge in [0.25, 0.3) is 0 Å². The first-order chi connectivity index (χ1) is 7.41. The van der Waals surface area contributed by atoms with Crippen molar-refractivity contribution in [2.24, 2.45) is 5.41 Å². The van der Waals surface area contributed by atoms with Crippen LogP contribution in [-0.4, -0.2) is 32.1 Å². The topological polar surface area (TPSA) is 15.3 Å². The molecule has 0 saturated heterocycles. The summed E-state index contributed by atoms with van der Waals surface area (Å²) in [5.74, 6) is 0. The van der Waals surface area contributed by atoms with Crippen molar-refractivity contribution in [2.75, 3.05) is 27.2 Å². The van der Waals surface area contributed by atoms with Gasteiger partial charge in [-0.2, -0.15) is 0 Å². The van der Waals surface area contributed by atoms with Crippen LogP contribution in [0.2, 0.25) is 0 Å². The van der Waals surface area contributed by atoms with Gasteiger partial charge in [0.15, 0.2) is 0 Å². The molecule has 0 bridgehead atoms. The predicted molar refractivity (Wildman–Crippen MR) is 73.1 cm³/mol. The molecule has 0 unspecified atom stereocenters. The highest BCUT2D eigenvalue weighted by molar-refractivity contribution is 7.10. The third-order valence-electron chi connectivity index (χ3n) is 2.60. The summed E-state index contributed by atoms with van der Waals surface area (Å²) in [6.45, 7) is 9.97. The maximum absolute atomic E-state index is 3.56. The molecule has 1 rings (SSSR count). The standard InChI is InChI=1S/C13H24N2S/c1-11-6-7-16-12(11)8-14-9-13(2,3)10-15(4)5/h6-7,14H,8-10H2,1-5H3. The fraction of sp³-hybridized carbons (Fsp3) is 0.692. The zero-order valence-electron chi connectivity index (χ0n) is 11.1. The lowest BCUT2D eigenvalue weighted by molar-refractivity contribution is 0.232. The number of rotatable bonds is 6. The van der Waals surface area contributed by atoms with Crippen LogP contribution in [0.25, 0.3) is 0 Å². The highest BCUT2D eigenvalue weighted by atomic mass is 32.1. The van der Waals surface area contributed by atoms with E-state index in [1.165, 1.54) is 10.4 Å². The van der Waals surface area contributed by atoms with Crippen LogP contribution >= 0.6 is 11.3 Å². The number of hydrogen-bond acceptors (Lipinski definition) is 3. The van der Waals surface area contributed by atoms with Gasteiger partial charge in [0.05, 0.1) is 0 Å². The van der Waals surface area contributed by atoms with Gasteiger partial charge < -0.3 is 10.2 Å². The zero-order valence-corrected chi connectivity index (χ0v) is 11.9. The lowest BCUT2D eigenvalue weighted by atomic mass is 9.93. The Morgan fingerprint density at radius 2 is 2.06 bits per heavy atom. The second kappa shape index (κ2) is 5.80. The minimum atomic E-state index is 0.328. The molecule has 3 heteroatoms. The van der Waals surface area contributed by atoms with Crippen molar-refractivity contribution in [1.82, 2.24) is 10.2 Å². The van der Waals surface area contributed by atoms with Gasteiger partial charge in [-0.3, -0.25) is 0 Å². The summed E-state index contributed by atoms with van der Waals surface area (Å²) in [6.07, 6.45) is 0. The van der Waals surface area contributed by atoms with E-state index in [-0.39, 0.29) is 0 Å². The molecule has 0 radical (unpaired) electrons. The molecule has 0 atom stereocenters. The molecule has 1 heterocycles. The number of aryl methyl sites for hydroxylation is 1. The van der Waals surface area contributed by atoms with E-state index < -0.39 is 0 Å². The van der Waals surface area contributed by atoms with E-state index in [0.29, 0.717) is 5.41 Å². The van der Waals surface area contributed by atoms with Crippen LogP contribution in [0.3, 0.4) is 0 Å². The molecule has 16 heavy (non-hydrogen) atoms. The SMILES string of the molecule is Cc1ccsc1CNCC(C)(C)CN(C)C. The van der Waals surface area contributed by atoms with Crippen molar-refractivity contribution < 1.29 is 0 Å². The van der Waals surface area contributed by atoms with Crippen LogP contribution in [0.1, 0.15) is 24.3 Å². The second-order valence-corrected chi connectivity index (χ2v) is 6.53. The summed E-state index contributed by atoms with van der Waals surface area (Å²) >= 11 is 1.84. The van der Waals surface area contributed by atoms with Gasteiger partial charge in [-0.25, -0.2) is 0 Å². The van der Waals surface area contributed by atoms with Crippen molar-refractivity contribution >= 4 is 11.3 Å². The number of nitrogens with one attached hydrogen (secondary N) is 1. The van der Waals surface area contributed by atoms with Crippen molar-refractivity contribution in [3.05, 3.63) is 21.9 Å². The number of thiophene rings is 1. The molecule has 0 fully saturated rings. The summed E-state index contributed by atoms with van der Waals surface area (Å²) < 4.78 is 0. The summed E-state index contributed by atoms with van der Waals surface area (Å²) in [7, 11) is 4.26. The lowest BCUT2D eigenvalue weighted by Gasteiger charge is -2.28. The van der Waals surface area contributed by atoms with Gasteiger partial charge in [0.2, 0.25) is 0 Å². The van der Waals surface area contributed by atoms with E-state index in [1.54, 1.807) is 0 Å². The Morgan fingerprint density at radius 3 is 2.56 bits per heavy atom. The summed E-state index contributed by atoms with van der Waals surface area (Å²) in [4.78, 5) is 3.71. The van der Waals surface area contributed by atoms with E-state index in [4.69, 9.17) is 0 Å². The Bertz CT molecular complexity index is 315. The molecule has 0 aromatic carbocycles. The van der Waals surface area contributed by atoms with Crippen molar-refractivity contribution in [3.63, 3.8) is 0 Å². The van der Waals surface area contributed by atoms with Crippen molar-refractivity contribution in [3.8, 4) is 0 Å². The molecule has 1 N–H and O–H groups in total. The largest absolute Gasteiger partial charge is 0.311 e. The third kappa shape index (κ3) is 4.64. The molecular formula is C13H24N2S. The maximum atomic E-state index is 3.56. The minimum absolute atomic E-state index is 0.328. The molecule has 1 aromatic rings. The molecule has 1 aromatic heterocycles. The fourth-order valence-corrected chi connectivity index (χ4v) is 2.89. The Morgan fingerprint density at radius 1 is 1.38 bits per heavy atom. The fourth-order valence-electron chi connectivity index (χ4n) is 2.01. The van der Waals surface area contributed by atoms with Crippen molar-refractivity contribution in [1.29, 1.82) is 0 Å². The van der Waals surface area contributed by atoms with Crippen LogP contribution in [0.4, 0.5) is 0 Å². The number of nitrogens with zero attached hydrogens (tertiary/aromatic N) is 1. The average molecular weight is 240 g/mol. The molecule has 92 valence electrons. The molecular weight excluding hydrogens is 216 g/mol. The molecule has 0 aliphatic carbocycles. The quantitative estimate of drug-likeness (QED) is 0.822. The van der Waals surface area contributed by atoms with Gasteiger partial charge in [-0.15, -0.1) is 11.3 Å². The molecule has 0 amide bonds. The lowest BCUT2D eigenvalue weighted by Crippen LogP contribution is -2.37. The van der Waals surface area contributed by atoms with Gasteiger partial charge >= 0.3 is 0 Å². The summed E-state index contributed by atoms with van der Waals surface area (Å²) in [5.41, 5.74) is 1.73. The first kappa shape index (κ1) is 13.7. The smallest absolute Gasteiger partial charge is 0.0302 e. The molecule has 0 aliphatic rings. The van der Waals surface area contributed by atoms with E-state index in [1.807, 2.05) is 11.3 Å². The van der Waals surface area contributed by atoms with Crippen LogP contribution in [0.15, 0.2) is 11.4 Å². The van der Waals surface area contributed by atoms with E-state index in [0.717, 1.165) is 19.6 Å². The van der Waals surface area contributed by atoms with Crippen LogP contribution < -0.4 is 5.32 Å². The van der Waals surface area contributed by atoms with Crippen LogP contribution in [0, 0.1) is 12.3 Å². The predicted octanol–water partition coefficient (Wildman–Crippen LogP) is 2.73. The van der Waals surface area contributed by atoms with Crippen LogP contribution in [0.5, 0.6) is 0 Å². The molecule has 0 saturated carbocycles. The zero-order chi connectivity index (χ0) is 12.2. The Balaban J connectivity index is 2.32. The second-order valence-electron chi connectivity index (χ2n) is 5.53. The van der Waals surface area contributed by atoms with E-state index in [9.17, 15) is 0 Å². The number of hydrogen-bond donors (Lipinski definition) is 1. The Labute approximate surface area is 104 Å². The van der Waals surface area contributed by atoms with Gasteiger partial charge in [-0.1, -0.05) is 13.8 Å². The summed E-state index contributed by atoms with van der Waals surface area (Å²) in [5, 5.41) is 5.72. The average Bonchev–Trinajstić information content (AvgIpc) is 2.49. The highest BCUT2D eigenvalue weighted by Crippen LogP contribution is 2.17. The van der Waals surface area contributed by atoms with Gasteiger partial charge in [-0.05, 0) is 43.4 Å². The van der Waals surface area contributed by atoms with Gasteiger partial charge in [0.1, 0.15) is 0 Å². The van der Waals surface area contributed by atoms with Gasteiger partial charge in [0, 0.05) is 24.5 Å². The molecule has 0 aliphatic heterocycles. The Hall–Kier alpha value is -0.380. The van der Waals surface area contributed by atoms with Crippen molar-refractivity contribution in [2.45, 2.75) is 27.3 Å². The van der Waals surface area contributed by atoms with Crippen LogP contribution in [-0.2, 0) is 6.54 Å². The van der Waals surface area contributed by atoms with E-state index in [2.05, 4.69) is 56.5 Å². The first-order valence-corrected chi connectivity index (χ1v) is 6.67. The first-order valence-electron chi connectivity index (χ1n) is 5.79. The molecule has 2 nitrogen and oxygen atoms in total. The Kier molecular flexibility index (Phi) is 4.96. The highest BCUT2D eigenvalue weighted by Gasteiger charge is 2.18. The third-order valence-corrected chi connectivity index (χ3v) is 3.62. The normalized spacial score (nSPS) is 12.4. The minimum Gasteiger partial charge on any atom is -0.311 e.